The second-order valence-electron chi connectivity index (χ2n) is 4.89. The molecular formula is C16H15BrN2O5. The van der Waals surface area contributed by atoms with E-state index in [0.717, 1.165) is 10.0 Å². The summed E-state index contributed by atoms with van der Waals surface area (Å²) >= 11 is 3.34. The highest BCUT2D eigenvalue weighted by atomic mass is 79.9. The minimum absolute atomic E-state index is 0.0851. The number of methoxy groups -OCH3 is 1. The molecule has 0 unspecified atom stereocenters. The van der Waals surface area contributed by atoms with Crippen LogP contribution < -0.4 is 14.8 Å². The van der Waals surface area contributed by atoms with Crippen molar-refractivity contribution < 1.29 is 19.2 Å². The van der Waals surface area contributed by atoms with Crippen LogP contribution in [0.5, 0.6) is 11.5 Å². The van der Waals surface area contributed by atoms with Crippen LogP contribution in [0.1, 0.15) is 5.56 Å². The van der Waals surface area contributed by atoms with E-state index >= 15 is 0 Å². The van der Waals surface area contributed by atoms with Crippen LogP contribution in [-0.4, -0.2) is 24.5 Å². The molecule has 0 spiro atoms. The first kappa shape index (κ1) is 17.7. The summed E-state index contributed by atoms with van der Waals surface area (Å²) in [5.41, 5.74) is 0.706. The van der Waals surface area contributed by atoms with Crippen LogP contribution in [0.3, 0.4) is 0 Å². The van der Waals surface area contributed by atoms with Gasteiger partial charge in [-0.1, -0.05) is 15.9 Å². The number of carbonyl (C=O) groups is 1. The van der Waals surface area contributed by atoms with Crippen molar-refractivity contribution in [1.82, 2.24) is 0 Å². The predicted octanol–water partition coefficient (Wildman–Crippen LogP) is 3.69. The summed E-state index contributed by atoms with van der Waals surface area (Å²) in [5.74, 6) is 0.407. The second-order valence-corrected chi connectivity index (χ2v) is 5.80. The largest absolute Gasteiger partial charge is 0.496 e. The molecule has 8 heteroatoms. The standard InChI is InChI=1S/C16H15BrN2O5/c1-10-7-11(17)3-6-15(10)24-9-16(20)18-13-5-4-12(23-2)8-14(13)19(21)22/h3-8H,9H2,1-2H3,(H,18,20). The van der Waals surface area contributed by atoms with Crippen molar-refractivity contribution >= 4 is 33.2 Å². The molecule has 0 saturated heterocycles. The van der Waals surface area contributed by atoms with Crippen molar-refractivity contribution in [3.8, 4) is 11.5 Å². The number of amides is 1. The molecule has 1 N–H and O–H groups in total. The Morgan fingerprint density at radius 3 is 2.67 bits per heavy atom. The Labute approximate surface area is 146 Å². The molecule has 0 saturated carbocycles. The predicted molar refractivity (Wildman–Crippen MR) is 92.7 cm³/mol. The quantitative estimate of drug-likeness (QED) is 0.595. The third kappa shape index (κ3) is 4.45. The van der Waals surface area contributed by atoms with Gasteiger partial charge in [0.05, 0.1) is 18.1 Å². The molecule has 2 aromatic rings. The van der Waals surface area contributed by atoms with E-state index in [-0.39, 0.29) is 18.0 Å². The number of rotatable bonds is 6. The maximum absolute atomic E-state index is 12.0. The average Bonchev–Trinajstić information content (AvgIpc) is 2.54. The number of nitrogens with one attached hydrogen (secondary N) is 1. The molecule has 0 aliphatic heterocycles. The van der Waals surface area contributed by atoms with Crippen LogP contribution >= 0.6 is 15.9 Å². The van der Waals surface area contributed by atoms with Crippen LogP contribution in [0.4, 0.5) is 11.4 Å². The number of aryl methyl sites for hydroxylation is 1. The number of anilines is 1. The summed E-state index contributed by atoms with van der Waals surface area (Å²) < 4.78 is 11.3. The van der Waals surface area contributed by atoms with Crippen molar-refractivity contribution in [3.05, 3.63) is 56.5 Å². The summed E-state index contributed by atoms with van der Waals surface area (Å²) in [4.78, 5) is 22.5. The first-order valence-electron chi connectivity index (χ1n) is 6.92. The van der Waals surface area contributed by atoms with E-state index in [1.54, 1.807) is 12.1 Å². The Bertz CT molecular complexity index is 779. The van der Waals surface area contributed by atoms with Gasteiger partial charge in [0, 0.05) is 4.47 Å². The van der Waals surface area contributed by atoms with E-state index in [9.17, 15) is 14.9 Å². The van der Waals surface area contributed by atoms with Gasteiger partial charge in [0.2, 0.25) is 0 Å². The minimum Gasteiger partial charge on any atom is -0.496 e. The van der Waals surface area contributed by atoms with Gasteiger partial charge in [-0.25, -0.2) is 0 Å². The first-order valence-corrected chi connectivity index (χ1v) is 7.71. The van der Waals surface area contributed by atoms with Crippen molar-refractivity contribution in [2.24, 2.45) is 0 Å². The second kappa shape index (κ2) is 7.78. The van der Waals surface area contributed by atoms with Crippen LogP contribution in [-0.2, 0) is 4.79 Å². The number of carbonyl (C=O) groups excluding carboxylic acids is 1. The normalized spacial score (nSPS) is 10.1. The van der Waals surface area contributed by atoms with Gasteiger partial charge in [-0.15, -0.1) is 0 Å². The zero-order valence-electron chi connectivity index (χ0n) is 13.0. The van der Waals surface area contributed by atoms with Gasteiger partial charge in [0.1, 0.15) is 17.2 Å². The van der Waals surface area contributed by atoms with Gasteiger partial charge in [-0.3, -0.25) is 14.9 Å². The van der Waals surface area contributed by atoms with Crippen LogP contribution in [0, 0.1) is 17.0 Å². The molecule has 0 aliphatic rings. The third-order valence-corrected chi connectivity index (χ3v) is 3.66. The molecular weight excluding hydrogens is 380 g/mol. The van der Waals surface area contributed by atoms with Gasteiger partial charge in [-0.2, -0.15) is 0 Å². The maximum Gasteiger partial charge on any atom is 0.296 e. The van der Waals surface area contributed by atoms with Crippen molar-refractivity contribution in [1.29, 1.82) is 0 Å². The zero-order chi connectivity index (χ0) is 17.7. The number of ether oxygens (including phenoxy) is 2. The lowest BCUT2D eigenvalue weighted by Crippen LogP contribution is -2.21. The Morgan fingerprint density at radius 2 is 2.04 bits per heavy atom. The third-order valence-electron chi connectivity index (χ3n) is 3.17. The molecule has 0 atom stereocenters. The molecule has 2 aromatic carbocycles. The van der Waals surface area contributed by atoms with Gasteiger partial charge < -0.3 is 14.8 Å². The van der Waals surface area contributed by atoms with Gasteiger partial charge >= 0.3 is 0 Å². The molecule has 0 heterocycles. The zero-order valence-corrected chi connectivity index (χ0v) is 14.6. The van der Waals surface area contributed by atoms with E-state index < -0.39 is 10.8 Å². The minimum atomic E-state index is -0.585. The lowest BCUT2D eigenvalue weighted by molar-refractivity contribution is -0.384. The highest BCUT2D eigenvalue weighted by Crippen LogP contribution is 2.29. The number of nitro benzene ring substituents is 1. The molecule has 0 aliphatic carbocycles. The van der Waals surface area contributed by atoms with E-state index in [2.05, 4.69) is 21.2 Å². The molecule has 7 nitrogen and oxygen atoms in total. The number of nitrogens with zero attached hydrogens (tertiary/aromatic N) is 1. The molecule has 24 heavy (non-hydrogen) atoms. The fourth-order valence-electron chi connectivity index (χ4n) is 2.00. The van der Waals surface area contributed by atoms with Crippen LogP contribution in [0.25, 0.3) is 0 Å². The highest BCUT2D eigenvalue weighted by molar-refractivity contribution is 9.10. The SMILES string of the molecule is COc1ccc(NC(=O)COc2ccc(Br)cc2C)c([N+](=O)[O-])c1. The van der Waals surface area contributed by atoms with Crippen LogP contribution in [0.15, 0.2) is 40.9 Å². The van der Waals surface area contributed by atoms with Crippen molar-refractivity contribution in [2.45, 2.75) is 6.92 Å². The summed E-state index contributed by atoms with van der Waals surface area (Å²) in [6.45, 7) is 1.60. The number of hydrogen-bond donors (Lipinski definition) is 1. The Morgan fingerprint density at radius 1 is 1.29 bits per heavy atom. The molecule has 0 radical (unpaired) electrons. The smallest absolute Gasteiger partial charge is 0.296 e. The Kier molecular flexibility index (Phi) is 5.75. The summed E-state index contributed by atoms with van der Waals surface area (Å²) in [5, 5.41) is 13.6. The van der Waals surface area contributed by atoms with Crippen LogP contribution in [0.2, 0.25) is 0 Å². The maximum atomic E-state index is 12.0. The topological polar surface area (TPSA) is 90.7 Å². The lowest BCUT2D eigenvalue weighted by atomic mass is 10.2. The van der Waals surface area contributed by atoms with Gasteiger partial charge in [-0.05, 0) is 42.8 Å². The fourth-order valence-corrected chi connectivity index (χ4v) is 2.48. The first-order chi connectivity index (χ1) is 11.4. The molecule has 126 valence electrons. The monoisotopic (exact) mass is 394 g/mol. The number of benzene rings is 2. The highest BCUT2D eigenvalue weighted by Gasteiger charge is 2.17. The van der Waals surface area contributed by atoms with E-state index in [0.29, 0.717) is 11.5 Å². The van der Waals surface area contributed by atoms with Crippen molar-refractivity contribution in [3.63, 3.8) is 0 Å². The fraction of sp³-hybridized carbons (Fsp3) is 0.188. The lowest BCUT2D eigenvalue weighted by Gasteiger charge is -2.10. The number of hydrogen-bond acceptors (Lipinski definition) is 5. The summed E-state index contributed by atoms with van der Waals surface area (Å²) in [7, 11) is 1.41. The Balaban J connectivity index is 2.05. The van der Waals surface area contributed by atoms with E-state index in [1.165, 1.54) is 25.3 Å². The van der Waals surface area contributed by atoms with E-state index in [4.69, 9.17) is 9.47 Å². The average molecular weight is 395 g/mol. The number of nitro groups is 1. The number of halogens is 1. The molecule has 0 fully saturated rings. The summed E-state index contributed by atoms with van der Waals surface area (Å²) in [6.07, 6.45) is 0. The Hall–Kier alpha value is -2.61. The molecule has 2 rings (SSSR count). The summed E-state index contributed by atoms with van der Waals surface area (Å²) in [6, 6.07) is 9.59. The van der Waals surface area contributed by atoms with E-state index in [1.807, 2.05) is 13.0 Å². The van der Waals surface area contributed by atoms with Gasteiger partial charge in [0.25, 0.3) is 11.6 Å². The molecule has 0 bridgehead atoms. The van der Waals surface area contributed by atoms with Crippen molar-refractivity contribution in [2.75, 3.05) is 19.0 Å². The molecule has 0 aromatic heterocycles. The molecule has 1 amide bonds. The van der Waals surface area contributed by atoms with Gasteiger partial charge in [0.15, 0.2) is 6.61 Å².